The average molecular weight is 332 g/mol. The van der Waals surface area contributed by atoms with Crippen LogP contribution in [-0.2, 0) is 11.2 Å². The van der Waals surface area contributed by atoms with Gasteiger partial charge in [-0.1, -0.05) is 11.7 Å². The minimum absolute atomic E-state index is 0.0169. The van der Waals surface area contributed by atoms with Crippen LogP contribution in [0.4, 0.5) is 11.7 Å². The van der Waals surface area contributed by atoms with E-state index < -0.39 is 20.8 Å². The molecule has 0 atom stereocenters. The van der Waals surface area contributed by atoms with Gasteiger partial charge in [0.15, 0.2) is 9.91 Å². The first kappa shape index (κ1) is 16.0. The van der Waals surface area contributed by atoms with Gasteiger partial charge < -0.3 is 9.63 Å². The van der Waals surface area contributed by atoms with Gasteiger partial charge in [0, 0.05) is 11.1 Å². The Morgan fingerprint density at radius 1 is 1.27 bits per heavy atom. The number of carboxylic acids is 1. The molecule has 0 bridgehead atoms. The molecule has 0 radical (unpaired) electrons. The summed E-state index contributed by atoms with van der Waals surface area (Å²) in [5.41, 5.74) is 0.183. The molecule has 1 N–H and O–H groups in total. The lowest BCUT2D eigenvalue weighted by Crippen LogP contribution is -2.02. The van der Waals surface area contributed by atoms with E-state index in [9.17, 15) is 16.5 Å². The predicted octanol–water partition coefficient (Wildman–Crippen LogP) is 3.70. The zero-order chi connectivity index (χ0) is 16.6. The first-order valence-corrected chi connectivity index (χ1v) is 7.73. The van der Waals surface area contributed by atoms with Gasteiger partial charge in [-0.25, -0.2) is 4.79 Å². The molecule has 0 spiro atoms. The van der Waals surface area contributed by atoms with Crippen LogP contribution in [-0.4, -0.2) is 27.1 Å². The first-order chi connectivity index (χ1) is 10.0. The Morgan fingerprint density at radius 3 is 2.36 bits per heavy atom. The molecule has 0 unspecified atom stereocenters. The number of halogens is 3. The maximum Gasteiger partial charge on any atom is 0.331 e. The van der Waals surface area contributed by atoms with Crippen LogP contribution in [0.2, 0.25) is 0 Å². The zero-order valence-corrected chi connectivity index (χ0v) is 11.9. The molecule has 9 heteroatoms. The lowest BCUT2D eigenvalue weighted by molar-refractivity contribution is -0.132. The van der Waals surface area contributed by atoms with E-state index in [1.165, 1.54) is 12.1 Å². The van der Waals surface area contributed by atoms with E-state index in [0.29, 0.717) is 5.56 Å². The summed E-state index contributed by atoms with van der Waals surface area (Å²) in [4.78, 5) is 13.8. The summed E-state index contributed by atoms with van der Waals surface area (Å²) >= 11 is 0. The number of rotatable bonds is 5. The van der Waals surface area contributed by atoms with Crippen molar-refractivity contribution in [3.8, 4) is 11.4 Å². The highest BCUT2D eigenvalue weighted by Gasteiger charge is 2.29. The van der Waals surface area contributed by atoms with Crippen molar-refractivity contribution in [1.82, 2.24) is 10.1 Å². The second-order valence-electron chi connectivity index (χ2n) is 4.50. The molecular formula is C13H11F3N2O3S. The van der Waals surface area contributed by atoms with Crippen LogP contribution in [0.15, 0.2) is 45.8 Å². The molecule has 1 heterocycles. The minimum atomic E-state index is -6.30. The van der Waals surface area contributed by atoms with Crippen molar-refractivity contribution in [2.45, 2.75) is 11.3 Å². The van der Waals surface area contributed by atoms with Crippen LogP contribution < -0.4 is 0 Å². The number of hydrogen-bond acceptors (Lipinski definition) is 4. The lowest BCUT2D eigenvalue weighted by Gasteiger charge is -2.20. The molecule has 5 nitrogen and oxygen atoms in total. The van der Waals surface area contributed by atoms with E-state index in [1.807, 2.05) is 0 Å². The van der Waals surface area contributed by atoms with Crippen molar-refractivity contribution < 1.29 is 26.1 Å². The summed E-state index contributed by atoms with van der Waals surface area (Å²) in [5.74, 6) is 1.21. The smallest absolute Gasteiger partial charge is 0.331 e. The molecule has 0 aliphatic heterocycles. The van der Waals surface area contributed by atoms with Gasteiger partial charge in [-0.15, -0.1) is 11.7 Å². The van der Waals surface area contributed by atoms with Crippen LogP contribution in [0.25, 0.3) is 11.4 Å². The highest BCUT2D eigenvalue weighted by atomic mass is 32.4. The monoisotopic (exact) mass is 332 g/mol. The van der Waals surface area contributed by atoms with Crippen LogP contribution in [0, 0.1) is 0 Å². The summed E-state index contributed by atoms with van der Waals surface area (Å²) in [7, 11) is -6.30. The molecule has 0 aliphatic carbocycles. The van der Waals surface area contributed by atoms with Gasteiger partial charge in [0.1, 0.15) is 0 Å². The van der Waals surface area contributed by atoms with E-state index in [0.717, 1.165) is 12.1 Å². The number of aliphatic carboxylic acids is 1. The minimum Gasteiger partial charge on any atom is -0.478 e. The molecule has 0 amide bonds. The van der Waals surface area contributed by atoms with Gasteiger partial charge in [-0.2, -0.15) is 4.98 Å². The van der Waals surface area contributed by atoms with E-state index in [-0.39, 0.29) is 23.7 Å². The van der Waals surface area contributed by atoms with Gasteiger partial charge in [0.2, 0.25) is 11.7 Å². The summed E-state index contributed by atoms with van der Waals surface area (Å²) in [5, 5.41) is 12.3. The predicted molar refractivity (Wildman–Crippen MR) is 76.5 cm³/mol. The van der Waals surface area contributed by atoms with Gasteiger partial charge in [0.05, 0.1) is 11.3 Å². The summed E-state index contributed by atoms with van der Waals surface area (Å²) in [6.45, 7) is 3.32. The Balaban J connectivity index is 2.23. The number of hydrogen-bond donors (Lipinski definition) is 1. The SMILES string of the molecule is C=C(Cc1nc(-c2ccc(S(=C)(F)(F)F)cc2)no1)C(=O)O. The number of carboxylic acid groups (broad SMARTS) is 1. The molecule has 2 aromatic rings. The van der Waals surface area contributed by atoms with Crippen molar-refractivity contribution in [3.05, 3.63) is 42.3 Å². The standard InChI is InChI=1S/C13H11F3N2O3S/c1-8(13(19)20)7-11-17-12(18-21-11)9-3-5-10(6-4-9)22(2,14,15)16/h3-6H,1-2,7H2,(H,19,20). The Bertz CT molecular complexity index is 797. The van der Waals surface area contributed by atoms with Crippen LogP contribution in [0.1, 0.15) is 5.89 Å². The summed E-state index contributed by atoms with van der Waals surface area (Å²) in [6.07, 6.45) is -0.145. The number of benzene rings is 1. The van der Waals surface area contributed by atoms with Crippen LogP contribution in [0.5, 0.6) is 0 Å². The second-order valence-corrected chi connectivity index (χ2v) is 6.73. The Labute approximate surface area is 123 Å². The van der Waals surface area contributed by atoms with Gasteiger partial charge in [-0.05, 0) is 30.1 Å². The van der Waals surface area contributed by atoms with Gasteiger partial charge in [0.25, 0.3) is 0 Å². The molecule has 0 saturated carbocycles. The summed E-state index contributed by atoms with van der Waals surface area (Å²) < 4.78 is 44.2. The zero-order valence-electron chi connectivity index (χ0n) is 11.1. The molecule has 0 fully saturated rings. The molecule has 1 aromatic heterocycles. The van der Waals surface area contributed by atoms with Crippen molar-refractivity contribution in [2.75, 3.05) is 0 Å². The third-order valence-corrected chi connectivity index (χ3v) is 3.82. The molecule has 0 saturated heterocycles. The Kier molecular flexibility index (Phi) is 3.69. The molecule has 0 aliphatic rings. The maximum atomic E-state index is 13.1. The highest BCUT2D eigenvalue weighted by Crippen LogP contribution is 2.68. The Hall–Kier alpha value is -2.42. The molecule has 118 valence electrons. The Morgan fingerprint density at radius 2 is 1.86 bits per heavy atom. The number of aromatic nitrogens is 2. The topological polar surface area (TPSA) is 76.2 Å². The second kappa shape index (κ2) is 5.09. The molecular weight excluding hydrogens is 321 g/mol. The number of carbonyl (C=O) groups is 1. The van der Waals surface area contributed by atoms with E-state index >= 15 is 0 Å². The fourth-order valence-electron chi connectivity index (χ4n) is 1.56. The first-order valence-electron chi connectivity index (χ1n) is 5.82. The highest BCUT2D eigenvalue weighted by molar-refractivity contribution is 8.34. The third kappa shape index (κ3) is 3.61. The maximum absolute atomic E-state index is 13.1. The van der Waals surface area contributed by atoms with E-state index in [4.69, 9.17) is 9.63 Å². The number of nitrogens with zero attached hydrogens (tertiary/aromatic N) is 2. The fourth-order valence-corrected chi connectivity index (χ4v) is 2.19. The largest absolute Gasteiger partial charge is 0.478 e. The normalized spacial score (nSPS) is 13.3. The fraction of sp³-hybridized carbons (Fsp3) is 0.0769. The van der Waals surface area contributed by atoms with Crippen molar-refractivity contribution in [3.63, 3.8) is 0 Å². The van der Waals surface area contributed by atoms with Crippen LogP contribution >= 0.6 is 9.91 Å². The molecule has 22 heavy (non-hydrogen) atoms. The van der Waals surface area contributed by atoms with Crippen molar-refractivity contribution >= 4 is 21.7 Å². The van der Waals surface area contributed by atoms with Crippen molar-refractivity contribution in [1.29, 1.82) is 0 Å². The average Bonchev–Trinajstić information content (AvgIpc) is 2.85. The third-order valence-electron chi connectivity index (χ3n) is 2.68. The van der Waals surface area contributed by atoms with Crippen LogP contribution in [0.3, 0.4) is 0 Å². The van der Waals surface area contributed by atoms with E-state index in [1.54, 1.807) is 0 Å². The quantitative estimate of drug-likeness (QED) is 0.667. The molecule has 2 rings (SSSR count). The summed E-state index contributed by atoms with van der Waals surface area (Å²) in [6, 6.07) is 4.21. The molecule has 1 aromatic carbocycles. The van der Waals surface area contributed by atoms with Gasteiger partial charge in [-0.3, -0.25) is 0 Å². The van der Waals surface area contributed by atoms with E-state index in [2.05, 4.69) is 22.6 Å². The lowest BCUT2D eigenvalue weighted by atomic mass is 10.2. The van der Waals surface area contributed by atoms with Gasteiger partial charge >= 0.3 is 5.97 Å². The van der Waals surface area contributed by atoms with Crippen molar-refractivity contribution in [2.24, 2.45) is 0 Å².